The molecule has 0 amide bonds. The summed E-state index contributed by atoms with van der Waals surface area (Å²) in [5.41, 5.74) is 0.334. The number of hydrogen-bond acceptors (Lipinski definition) is 8. The van der Waals surface area contributed by atoms with Crippen molar-refractivity contribution in [1.29, 1.82) is 0 Å². The molecule has 2 aromatic heterocycles. The maximum atomic E-state index is 15.3. The molecule has 3 aromatic rings. The first-order chi connectivity index (χ1) is 18.2. The number of methoxy groups -OCH3 is 1. The van der Waals surface area contributed by atoms with Crippen molar-refractivity contribution in [1.82, 2.24) is 25.5 Å². The maximum absolute atomic E-state index is 15.3. The van der Waals surface area contributed by atoms with E-state index in [0.29, 0.717) is 40.8 Å². The quantitative estimate of drug-likeness (QED) is 0.449. The van der Waals surface area contributed by atoms with Crippen LogP contribution in [-0.2, 0) is 6.18 Å². The van der Waals surface area contributed by atoms with Gasteiger partial charge in [-0.1, -0.05) is 6.07 Å². The number of ether oxygens (including phenoxy) is 1. The van der Waals surface area contributed by atoms with Crippen LogP contribution < -0.4 is 15.0 Å². The molecule has 38 heavy (non-hydrogen) atoms. The van der Waals surface area contributed by atoms with Crippen LogP contribution in [0.25, 0.3) is 22.4 Å². The molecule has 0 radical (unpaired) electrons. The third-order valence-electron chi connectivity index (χ3n) is 7.58. The van der Waals surface area contributed by atoms with E-state index in [1.807, 2.05) is 4.90 Å². The Kier molecular flexibility index (Phi) is 6.09. The molecule has 2 bridgehead atoms. The number of alkyl halides is 4. The number of nitrogens with one attached hydrogen (secondary N) is 1. The summed E-state index contributed by atoms with van der Waals surface area (Å²) in [5.74, 6) is -0.186. The molecule has 3 aliphatic rings. The molecule has 4 heterocycles. The van der Waals surface area contributed by atoms with Gasteiger partial charge < -0.3 is 20.1 Å². The first-order valence-electron chi connectivity index (χ1n) is 12.6. The van der Waals surface area contributed by atoms with Crippen molar-refractivity contribution < 1.29 is 27.4 Å². The van der Waals surface area contributed by atoms with E-state index in [4.69, 9.17) is 4.74 Å². The number of aromatic hydroxyl groups is 1. The van der Waals surface area contributed by atoms with Crippen molar-refractivity contribution in [3.63, 3.8) is 0 Å². The summed E-state index contributed by atoms with van der Waals surface area (Å²) in [6.45, 7) is 0. The summed E-state index contributed by atoms with van der Waals surface area (Å²) in [5, 5.41) is 22.6. The van der Waals surface area contributed by atoms with Gasteiger partial charge >= 0.3 is 6.18 Å². The lowest BCUT2D eigenvalue weighted by atomic mass is 9.96. The van der Waals surface area contributed by atoms with Crippen LogP contribution in [0, 0.1) is 0 Å². The summed E-state index contributed by atoms with van der Waals surface area (Å²) in [4.78, 5) is 9.99. The number of fused-ring (bicyclic) bond motifs is 2. The Morgan fingerprint density at radius 3 is 2.50 bits per heavy atom. The van der Waals surface area contributed by atoms with Gasteiger partial charge in [-0.15, -0.1) is 10.2 Å². The Bertz CT molecular complexity index is 1330. The van der Waals surface area contributed by atoms with Gasteiger partial charge in [-0.2, -0.15) is 13.2 Å². The maximum Gasteiger partial charge on any atom is 0.437 e. The minimum atomic E-state index is -4.65. The monoisotopic (exact) mass is 530 g/mol. The highest BCUT2D eigenvalue weighted by Gasteiger charge is 2.48. The average Bonchev–Trinajstić information content (AvgIpc) is 3.66. The SMILES string of the molecule is COc1cc(-c2ccc(-c3cnc(N(C4CC4)[C@@H]4C[C@@H]5CC[C@H](N5)[C@@H]4F)nn3)c(O)c2)cnc1C(F)(F)F. The van der Waals surface area contributed by atoms with Gasteiger partial charge in [0.25, 0.3) is 0 Å². The molecule has 4 atom stereocenters. The summed E-state index contributed by atoms with van der Waals surface area (Å²) < 4.78 is 59.6. The van der Waals surface area contributed by atoms with Gasteiger partial charge in [0.1, 0.15) is 23.4 Å². The van der Waals surface area contributed by atoms with Gasteiger partial charge in [-0.3, -0.25) is 0 Å². The number of phenols is 1. The van der Waals surface area contributed by atoms with Crippen molar-refractivity contribution in [2.75, 3.05) is 12.0 Å². The van der Waals surface area contributed by atoms with E-state index in [0.717, 1.165) is 39.0 Å². The predicted octanol–water partition coefficient (Wildman–Crippen LogP) is 4.53. The minimum absolute atomic E-state index is 0.137. The zero-order chi connectivity index (χ0) is 26.6. The van der Waals surface area contributed by atoms with Crippen molar-refractivity contribution in [2.24, 2.45) is 0 Å². The van der Waals surface area contributed by atoms with Crippen LogP contribution in [0.3, 0.4) is 0 Å². The minimum Gasteiger partial charge on any atom is -0.507 e. The number of hydrogen-bond donors (Lipinski definition) is 2. The van der Waals surface area contributed by atoms with E-state index >= 15 is 4.39 Å². The second-order valence-corrected chi connectivity index (χ2v) is 10.1. The Morgan fingerprint density at radius 1 is 1.03 bits per heavy atom. The molecule has 1 saturated carbocycles. The van der Waals surface area contributed by atoms with Gasteiger partial charge in [0.2, 0.25) is 5.95 Å². The van der Waals surface area contributed by atoms with Crippen LogP contribution in [0.15, 0.2) is 36.7 Å². The number of benzene rings is 1. The fourth-order valence-corrected chi connectivity index (χ4v) is 5.59. The Hall–Kier alpha value is -3.54. The first kappa shape index (κ1) is 24.8. The number of halogens is 4. The molecule has 1 aromatic carbocycles. The molecule has 2 aliphatic heterocycles. The fourth-order valence-electron chi connectivity index (χ4n) is 5.59. The largest absolute Gasteiger partial charge is 0.507 e. The molecule has 8 nitrogen and oxygen atoms in total. The normalized spacial score (nSPS) is 24.9. The number of nitrogens with zero attached hydrogens (tertiary/aromatic N) is 5. The van der Waals surface area contributed by atoms with Gasteiger partial charge in [-0.25, -0.2) is 14.4 Å². The van der Waals surface area contributed by atoms with Gasteiger partial charge in [0.15, 0.2) is 5.69 Å². The molecule has 2 N–H and O–H groups in total. The number of rotatable bonds is 6. The van der Waals surface area contributed by atoms with E-state index < -0.39 is 23.8 Å². The fraction of sp³-hybridized carbons (Fsp3) is 0.462. The van der Waals surface area contributed by atoms with E-state index in [1.165, 1.54) is 18.3 Å². The van der Waals surface area contributed by atoms with Crippen molar-refractivity contribution >= 4 is 5.95 Å². The molecule has 0 spiro atoms. The number of pyridine rings is 1. The second-order valence-electron chi connectivity index (χ2n) is 10.1. The molecule has 1 aliphatic carbocycles. The third-order valence-corrected chi connectivity index (χ3v) is 7.58. The number of phenolic OH excluding ortho intramolecular Hbond substituents is 1. The Balaban J connectivity index is 1.25. The average molecular weight is 531 g/mol. The van der Waals surface area contributed by atoms with Crippen LogP contribution in [0.5, 0.6) is 11.5 Å². The summed E-state index contributed by atoms with van der Waals surface area (Å²) in [7, 11) is 1.14. The van der Waals surface area contributed by atoms with E-state index in [1.54, 1.807) is 12.1 Å². The highest BCUT2D eigenvalue weighted by Crippen LogP contribution is 2.41. The highest BCUT2D eigenvalue weighted by molar-refractivity contribution is 5.74. The standard InChI is InChI=1S/C26H26F4N6O2/c1-38-22-9-14(11-31-24(22)26(28,29)30)13-2-6-17(21(37)8-13)19-12-32-25(35-34-19)36(16-4-5-16)20-10-15-3-7-18(33-15)23(20)27/h2,6,8-9,11-12,15-16,18,20,23,33,37H,3-5,7,10H2,1H3/t15-,18-,20+,23-/m0/s1. The summed E-state index contributed by atoms with van der Waals surface area (Å²) in [6, 6.07) is 5.91. The second kappa shape index (κ2) is 9.33. The number of piperidine rings is 1. The number of aromatic nitrogens is 4. The van der Waals surface area contributed by atoms with Crippen LogP contribution in [0.2, 0.25) is 0 Å². The smallest absolute Gasteiger partial charge is 0.437 e. The molecular formula is C26H26F4N6O2. The predicted molar refractivity (Wildman–Crippen MR) is 130 cm³/mol. The zero-order valence-electron chi connectivity index (χ0n) is 20.5. The lowest BCUT2D eigenvalue weighted by molar-refractivity contribution is -0.142. The van der Waals surface area contributed by atoms with Crippen LogP contribution in [0.1, 0.15) is 37.8 Å². The zero-order valence-corrected chi connectivity index (χ0v) is 20.5. The van der Waals surface area contributed by atoms with E-state index in [2.05, 4.69) is 25.5 Å². The molecule has 12 heteroatoms. The molecule has 0 unspecified atom stereocenters. The van der Waals surface area contributed by atoms with Crippen molar-refractivity contribution in [2.45, 2.75) is 68.6 Å². The molecule has 6 rings (SSSR count). The topological polar surface area (TPSA) is 96.3 Å². The lowest BCUT2D eigenvalue weighted by Gasteiger charge is -2.40. The van der Waals surface area contributed by atoms with Crippen LogP contribution in [-0.4, -0.2) is 62.7 Å². The van der Waals surface area contributed by atoms with Gasteiger partial charge in [0.05, 0.1) is 19.3 Å². The molecular weight excluding hydrogens is 504 g/mol. The van der Waals surface area contributed by atoms with E-state index in [-0.39, 0.29) is 23.9 Å². The first-order valence-corrected chi connectivity index (χ1v) is 12.6. The Morgan fingerprint density at radius 2 is 1.84 bits per heavy atom. The Labute approximate surface area is 216 Å². The van der Waals surface area contributed by atoms with Crippen molar-refractivity contribution in [3.8, 4) is 33.9 Å². The van der Waals surface area contributed by atoms with E-state index in [9.17, 15) is 18.3 Å². The van der Waals surface area contributed by atoms with Crippen LogP contribution in [0.4, 0.5) is 23.5 Å². The molecule has 2 saturated heterocycles. The lowest BCUT2D eigenvalue weighted by Crippen LogP contribution is -2.57. The van der Waals surface area contributed by atoms with Crippen LogP contribution >= 0.6 is 0 Å². The molecule has 200 valence electrons. The molecule has 3 fully saturated rings. The summed E-state index contributed by atoms with van der Waals surface area (Å²) >= 11 is 0. The van der Waals surface area contributed by atoms with Gasteiger partial charge in [-0.05, 0) is 55.9 Å². The summed E-state index contributed by atoms with van der Waals surface area (Å²) in [6.07, 6.45) is 1.35. The number of anilines is 1. The third kappa shape index (κ3) is 4.50. The highest BCUT2D eigenvalue weighted by atomic mass is 19.4. The van der Waals surface area contributed by atoms with Crippen molar-refractivity contribution in [3.05, 3.63) is 42.4 Å². The van der Waals surface area contributed by atoms with Gasteiger partial charge in [0, 0.05) is 35.4 Å².